The van der Waals surface area contributed by atoms with Gasteiger partial charge < -0.3 is 19.4 Å². The molecule has 0 bridgehead atoms. The van der Waals surface area contributed by atoms with E-state index >= 15 is 0 Å². The van der Waals surface area contributed by atoms with E-state index in [9.17, 15) is 4.57 Å². The van der Waals surface area contributed by atoms with Gasteiger partial charge in [-0.15, -0.1) is 0 Å². The monoisotopic (exact) mass is 195 g/mol. The Balaban J connectivity index is 3.18. The van der Waals surface area contributed by atoms with Crippen molar-refractivity contribution >= 4 is 18.6 Å². The molecule has 1 aromatic carbocycles. The van der Waals surface area contributed by atoms with Gasteiger partial charge >= 0.3 is 0 Å². The Bertz CT molecular complexity index is 371. The van der Waals surface area contributed by atoms with Gasteiger partial charge in [-0.25, -0.2) is 0 Å². The third-order valence-corrected chi connectivity index (χ3v) is 3.37. The van der Waals surface area contributed by atoms with E-state index in [4.69, 9.17) is 10.1 Å². The Hall–Kier alpha value is -1.21. The molecule has 0 spiro atoms. The van der Waals surface area contributed by atoms with Crippen LogP contribution in [0.3, 0.4) is 0 Å². The summed E-state index contributed by atoms with van der Waals surface area (Å²) in [4.78, 5) is 2.62. The van der Waals surface area contributed by atoms with Crippen molar-refractivity contribution in [3.8, 4) is 0 Å². The van der Waals surface area contributed by atoms with Crippen LogP contribution < -0.4 is 5.30 Å². The van der Waals surface area contributed by atoms with Crippen LogP contribution in [0.2, 0.25) is 0 Å². The van der Waals surface area contributed by atoms with Crippen molar-refractivity contribution in [1.29, 1.82) is 0 Å². The van der Waals surface area contributed by atoms with Crippen molar-refractivity contribution < 1.29 is 13.9 Å². The number of nitrogens with zero attached hydrogens (tertiary/aromatic N) is 2. The molecule has 0 aliphatic carbocycles. The summed E-state index contributed by atoms with van der Waals surface area (Å²) in [6, 6.07) is 8.49. The van der Waals surface area contributed by atoms with E-state index in [0.717, 1.165) is 0 Å². The quantitative estimate of drug-likeness (QED) is 0.240. The first-order valence-electron chi connectivity index (χ1n) is 3.55. The maximum atomic E-state index is 11.8. The molecule has 13 heavy (non-hydrogen) atoms. The topological polar surface area (TPSA) is 62.7 Å². The van der Waals surface area contributed by atoms with Crippen LogP contribution in [0.4, 0.5) is 0 Å². The summed E-state index contributed by atoms with van der Waals surface area (Å²) in [7, 11) is -1.94. The van der Waals surface area contributed by atoms with E-state index in [2.05, 4.69) is 4.79 Å². The first-order chi connectivity index (χ1) is 6.23. The Morgan fingerprint density at radius 2 is 2.08 bits per heavy atom. The normalized spacial score (nSPS) is 14.2. The molecule has 0 heterocycles. The molecule has 68 valence electrons. The highest BCUT2D eigenvalue weighted by Crippen LogP contribution is 2.40. The summed E-state index contributed by atoms with van der Waals surface area (Å²) in [5, 5.41) is 0.454. The molecule has 0 aliphatic heterocycles. The molecule has 0 fully saturated rings. The molecule has 4 nitrogen and oxygen atoms in total. The molecule has 1 atom stereocenters. The predicted octanol–water partition coefficient (Wildman–Crippen LogP) is 1.37. The second-order valence-corrected chi connectivity index (χ2v) is 4.45. The molecule has 0 amide bonds. The average Bonchev–Trinajstić information content (AvgIpc) is 2.19. The van der Waals surface area contributed by atoms with Crippen LogP contribution in [0, 0.1) is 0 Å². The summed E-state index contributed by atoms with van der Waals surface area (Å²) in [5.41, 5.74) is 8.26. The third-order valence-electron chi connectivity index (χ3n) is 1.53. The van der Waals surface area contributed by atoms with Crippen molar-refractivity contribution in [2.45, 2.75) is 0 Å². The summed E-state index contributed by atoms with van der Waals surface area (Å²) in [6.07, 6.45) is 0. The van der Waals surface area contributed by atoms with Crippen molar-refractivity contribution in [1.82, 2.24) is 0 Å². The summed E-state index contributed by atoms with van der Waals surface area (Å²) in [5.74, 6) is 2.04. The molecule has 5 heteroatoms. The van der Waals surface area contributed by atoms with Crippen LogP contribution in [0.25, 0.3) is 5.53 Å². The first-order valence-corrected chi connectivity index (χ1v) is 5.18. The maximum absolute atomic E-state index is 11.8. The van der Waals surface area contributed by atoms with Gasteiger partial charge in [0.15, 0.2) is 7.37 Å². The minimum atomic E-state index is -3.22. The van der Waals surface area contributed by atoms with E-state index in [1.165, 1.54) is 7.11 Å². The van der Waals surface area contributed by atoms with Gasteiger partial charge in [0.25, 0.3) is 0 Å². The zero-order chi connectivity index (χ0) is 9.73. The molecule has 0 N–H and O–H groups in total. The van der Waals surface area contributed by atoms with Gasteiger partial charge in [0.1, 0.15) is 0 Å². The van der Waals surface area contributed by atoms with Crippen molar-refractivity contribution in [3.63, 3.8) is 0 Å². The smallest absolute Gasteiger partial charge is 0.165 e. The largest absolute Gasteiger partial charge is 0.407 e. The molecule has 1 aromatic rings. The van der Waals surface area contributed by atoms with Crippen molar-refractivity contribution in [2.75, 3.05) is 7.11 Å². The van der Waals surface area contributed by atoms with Crippen LogP contribution in [0.5, 0.6) is 0 Å². The molecule has 0 aromatic heterocycles. The van der Waals surface area contributed by atoms with E-state index in [1.54, 1.807) is 30.3 Å². The van der Waals surface area contributed by atoms with Gasteiger partial charge in [0.05, 0.1) is 0 Å². The van der Waals surface area contributed by atoms with Gasteiger partial charge in [0.2, 0.25) is 0 Å². The predicted molar refractivity (Wildman–Crippen MR) is 49.3 cm³/mol. The zero-order valence-corrected chi connectivity index (χ0v) is 7.94. The highest BCUT2D eigenvalue weighted by Gasteiger charge is 2.14. The number of benzene rings is 1. The third kappa shape index (κ3) is 2.13. The molecule has 0 radical (unpaired) electrons. The highest BCUT2D eigenvalue weighted by atomic mass is 31.2. The fourth-order valence-corrected chi connectivity index (χ4v) is 1.98. The van der Waals surface area contributed by atoms with Gasteiger partial charge in [0, 0.05) is 18.4 Å². The number of rotatable bonds is 3. The fourth-order valence-electron chi connectivity index (χ4n) is 0.887. The molecule has 1 unspecified atom stereocenters. The van der Waals surface area contributed by atoms with Crippen LogP contribution >= 0.6 is 7.37 Å². The highest BCUT2D eigenvalue weighted by molar-refractivity contribution is 7.80. The molecule has 1 rings (SSSR count). The van der Waals surface area contributed by atoms with E-state index < -0.39 is 7.37 Å². The SMILES string of the molecule is COP(=O)([C-]=[N+]=[N-])c1ccccc1. The Kier molecular flexibility index (Phi) is 3.15. The lowest BCUT2D eigenvalue weighted by Crippen LogP contribution is -2.06. The second kappa shape index (κ2) is 4.15. The van der Waals surface area contributed by atoms with Crippen molar-refractivity contribution in [2.24, 2.45) is 0 Å². The van der Waals surface area contributed by atoms with Crippen LogP contribution in [-0.4, -0.2) is 17.9 Å². The van der Waals surface area contributed by atoms with Crippen LogP contribution in [0.15, 0.2) is 30.3 Å². The van der Waals surface area contributed by atoms with Gasteiger partial charge in [-0.1, -0.05) is 30.3 Å². The van der Waals surface area contributed by atoms with Crippen molar-refractivity contribution in [3.05, 3.63) is 35.9 Å². The van der Waals surface area contributed by atoms with E-state index in [0.29, 0.717) is 5.30 Å². The summed E-state index contributed by atoms with van der Waals surface area (Å²) < 4.78 is 16.6. The molecule has 0 aliphatic rings. The zero-order valence-electron chi connectivity index (χ0n) is 7.04. The minimum absolute atomic E-state index is 0.454. The molecular formula is C8H8N2O2P-. The fraction of sp³-hybridized carbons (Fsp3) is 0.125. The Morgan fingerprint density at radius 1 is 1.46 bits per heavy atom. The summed E-state index contributed by atoms with van der Waals surface area (Å²) in [6.45, 7) is 0. The summed E-state index contributed by atoms with van der Waals surface area (Å²) >= 11 is 0. The maximum Gasteiger partial charge on any atom is 0.165 e. The number of hydrogen-bond acceptors (Lipinski definition) is 2. The number of hydrogen-bond donors (Lipinski definition) is 0. The lowest BCUT2D eigenvalue weighted by Gasteiger charge is -2.14. The molecule has 0 saturated heterocycles. The average molecular weight is 195 g/mol. The second-order valence-electron chi connectivity index (χ2n) is 2.27. The van der Waals surface area contributed by atoms with Crippen LogP contribution in [-0.2, 0) is 9.09 Å². The van der Waals surface area contributed by atoms with Gasteiger partial charge in [-0.2, -0.15) is 0 Å². The first kappa shape index (κ1) is 9.87. The lowest BCUT2D eigenvalue weighted by atomic mass is 10.4. The standard InChI is InChI=1S/C8H8N2O2P/c1-12-13(11,7-10-9)8-5-3-2-4-6-8/h2-6H,1H3/q-1. The van der Waals surface area contributed by atoms with Gasteiger partial charge in [-0.3, -0.25) is 0 Å². The minimum Gasteiger partial charge on any atom is -0.407 e. The Morgan fingerprint density at radius 3 is 2.54 bits per heavy atom. The lowest BCUT2D eigenvalue weighted by molar-refractivity contribution is 0.00664. The van der Waals surface area contributed by atoms with Gasteiger partial charge in [-0.05, 0) is 0 Å². The molecule has 0 saturated carbocycles. The van der Waals surface area contributed by atoms with E-state index in [-0.39, 0.29) is 0 Å². The van der Waals surface area contributed by atoms with Crippen LogP contribution in [0.1, 0.15) is 0 Å². The Labute approximate surface area is 76.2 Å². The molecular weight excluding hydrogens is 187 g/mol. The van der Waals surface area contributed by atoms with E-state index in [1.807, 2.05) is 5.96 Å².